The van der Waals surface area contributed by atoms with Crippen molar-refractivity contribution in [2.45, 2.75) is 50.8 Å². The number of benzene rings is 3. The number of ether oxygens (including phenoxy) is 4. The molecule has 1 fully saturated rings. The molecule has 1 N–H and O–H groups in total. The van der Waals surface area contributed by atoms with E-state index in [1.54, 1.807) is 0 Å². The molecule has 174 valence electrons. The van der Waals surface area contributed by atoms with Gasteiger partial charge < -0.3 is 18.9 Å². The molecule has 1 saturated heterocycles. The van der Waals surface area contributed by atoms with Crippen LogP contribution in [0.2, 0.25) is 0 Å². The molecule has 0 bridgehead atoms. The quantitative estimate of drug-likeness (QED) is 0.328. The van der Waals surface area contributed by atoms with Crippen LogP contribution in [0, 0.1) is 0 Å². The second-order valence-corrected chi connectivity index (χ2v) is 8.04. The van der Waals surface area contributed by atoms with Gasteiger partial charge in [0, 0.05) is 6.42 Å². The molecule has 6 heteroatoms. The summed E-state index contributed by atoms with van der Waals surface area (Å²) >= 11 is 0. The van der Waals surface area contributed by atoms with E-state index in [0.29, 0.717) is 26.2 Å². The fraction of sp³-hybridized carbons (Fsp3) is 0.333. The van der Waals surface area contributed by atoms with Crippen molar-refractivity contribution in [3.05, 3.63) is 108 Å². The maximum Gasteiger partial charge on any atom is 0.194 e. The van der Waals surface area contributed by atoms with Gasteiger partial charge in [-0.3, -0.25) is 0 Å². The van der Waals surface area contributed by atoms with Gasteiger partial charge in [0.1, 0.15) is 12.2 Å². The number of rotatable bonds is 11. The SMILES string of the molecule is OO[C@H]1C[C@@H](OCc2ccccc2)[C@H](OCc2ccccc2)[C@@H](COCc2ccccc2)O1. The lowest BCUT2D eigenvalue weighted by Crippen LogP contribution is -2.52. The van der Waals surface area contributed by atoms with Gasteiger partial charge in [0.25, 0.3) is 0 Å². The van der Waals surface area contributed by atoms with Gasteiger partial charge in [0.15, 0.2) is 6.29 Å². The predicted molar refractivity (Wildman–Crippen MR) is 123 cm³/mol. The van der Waals surface area contributed by atoms with Crippen LogP contribution in [0.4, 0.5) is 0 Å². The number of hydrogen-bond acceptors (Lipinski definition) is 6. The first-order chi connectivity index (χ1) is 16.3. The first-order valence-corrected chi connectivity index (χ1v) is 11.2. The normalized spacial score (nSPS) is 22.8. The fourth-order valence-corrected chi connectivity index (χ4v) is 3.88. The molecule has 6 nitrogen and oxygen atoms in total. The first kappa shape index (κ1) is 23.6. The molecule has 0 radical (unpaired) electrons. The Morgan fingerprint density at radius 1 is 0.697 bits per heavy atom. The third-order valence-corrected chi connectivity index (χ3v) is 5.59. The van der Waals surface area contributed by atoms with E-state index in [1.165, 1.54) is 0 Å². The predicted octanol–water partition coefficient (Wildman–Crippen LogP) is 4.98. The summed E-state index contributed by atoms with van der Waals surface area (Å²) in [6, 6.07) is 29.9. The van der Waals surface area contributed by atoms with Crippen LogP contribution >= 0.6 is 0 Å². The zero-order valence-electron chi connectivity index (χ0n) is 18.5. The Bertz CT molecular complexity index is 921. The molecule has 3 aromatic rings. The van der Waals surface area contributed by atoms with Crippen LogP contribution in [0.25, 0.3) is 0 Å². The molecule has 1 aliphatic rings. The molecule has 0 aromatic heterocycles. The molecular weight excluding hydrogens is 420 g/mol. The smallest absolute Gasteiger partial charge is 0.194 e. The molecule has 0 aliphatic carbocycles. The van der Waals surface area contributed by atoms with E-state index in [0.717, 1.165) is 16.7 Å². The second kappa shape index (κ2) is 12.6. The summed E-state index contributed by atoms with van der Waals surface area (Å²) in [4.78, 5) is 4.57. The minimum atomic E-state index is -0.812. The highest BCUT2D eigenvalue weighted by molar-refractivity contribution is 5.15. The molecule has 0 spiro atoms. The van der Waals surface area contributed by atoms with Gasteiger partial charge in [0.2, 0.25) is 0 Å². The average Bonchev–Trinajstić information content (AvgIpc) is 2.88. The number of hydrogen-bond donors (Lipinski definition) is 1. The summed E-state index contributed by atoms with van der Waals surface area (Å²) in [5.41, 5.74) is 3.19. The summed E-state index contributed by atoms with van der Waals surface area (Å²) in [7, 11) is 0. The average molecular weight is 451 g/mol. The van der Waals surface area contributed by atoms with Crippen LogP contribution in [0.15, 0.2) is 91.0 Å². The van der Waals surface area contributed by atoms with Crippen LogP contribution in [-0.2, 0) is 43.7 Å². The Balaban J connectivity index is 1.44. The molecule has 0 amide bonds. The maximum absolute atomic E-state index is 9.35. The lowest BCUT2D eigenvalue weighted by atomic mass is 10.0. The highest BCUT2D eigenvalue weighted by Crippen LogP contribution is 2.28. The first-order valence-electron chi connectivity index (χ1n) is 11.2. The molecule has 0 unspecified atom stereocenters. The third-order valence-electron chi connectivity index (χ3n) is 5.59. The molecule has 4 atom stereocenters. The van der Waals surface area contributed by atoms with Crippen molar-refractivity contribution < 1.29 is 29.1 Å². The van der Waals surface area contributed by atoms with Crippen LogP contribution in [0.5, 0.6) is 0 Å². The monoisotopic (exact) mass is 450 g/mol. The molecule has 33 heavy (non-hydrogen) atoms. The summed E-state index contributed by atoms with van der Waals surface area (Å²) in [6.45, 7) is 1.57. The van der Waals surface area contributed by atoms with Crippen molar-refractivity contribution in [1.82, 2.24) is 0 Å². The van der Waals surface area contributed by atoms with Crippen molar-refractivity contribution in [3.8, 4) is 0 Å². The van der Waals surface area contributed by atoms with E-state index in [9.17, 15) is 5.26 Å². The Morgan fingerprint density at radius 2 is 1.21 bits per heavy atom. The second-order valence-electron chi connectivity index (χ2n) is 8.04. The van der Waals surface area contributed by atoms with Crippen molar-refractivity contribution in [2.24, 2.45) is 0 Å². The Morgan fingerprint density at radius 3 is 1.76 bits per heavy atom. The highest BCUT2D eigenvalue weighted by Gasteiger charge is 2.41. The molecule has 4 rings (SSSR count). The fourth-order valence-electron chi connectivity index (χ4n) is 3.88. The van der Waals surface area contributed by atoms with Crippen molar-refractivity contribution in [2.75, 3.05) is 6.61 Å². The highest BCUT2D eigenvalue weighted by atomic mass is 17.1. The minimum Gasteiger partial charge on any atom is -0.374 e. The van der Waals surface area contributed by atoms with Gasteiger partial charge in [0.05, 0.1) is 32.5 Å². The molecule has 3 aromatic carbocycles. The summed E-state index contributed by atoms with van der Waals surface area (Å²) in [5, 5.41) is 9.35. The van der Waals surface area contributed by atoms with Gasteiger partial charge in [-0.1, -0.05) is 91.0 Å². The lowest BCUT2D eigenvalue weighted by Gasteiger charge is -2.40. The summed E-state index contributed by atoms with van der Waals surface area (Å²) in [6.07, 6.45) is -1.67. The van der Waals surface area contributed by atoms with E-state index >= 15 is 0 Å². The Hall–Kier alpha value is -2.58. The summed E-state index contributed by atoms with van der Waals surface area (Å²) in [5.74, 6) is 0. The van der Waals surface area contributed by atoms with Gasteiger partial charge in [-0.05, 0) is 16.7 Å². The third kappa shape index (κ3) is 7.20. The van der Waals surface area contributed by atoms with Crippen molar-refractivity contribution in [3.63, 3.8) is 0 Å². The largest absolute Gasteiger partial charge is 0.374 e. The zero-order valence-corrected chi connectivity index (χ0v) is 18.5. The van der Waals surface area contributed by atoms with E-state index < -0.39 is 18.5 Å². The van der Waals surface area contributed by atoms with Gasteiger partial charge in [-0.15, -0.1) is 0 Å². The van der Waals surface area contributed by atoms with Crippen LogP contribution in [0.3, 0.4) is 0 Å². The van der Waals surface area contributed by atoms with Crippen molar-refractivity contribution in [1.29, 1.82) is 0 Å². The molecule has 1 aliphatic heterocycles. The van der Waals surface area contributed by atoms with Crippen LogP contribution in [-0.4, -0.2) is 36.5 Å². The van der Waals surface area contributed by atoms with E-state index in [2.05, 4.69) is 4.89 Å². The zero-order chi connectivity index (χ0) is 22.7. The minimum absolute atomic E-state index is 0.277. The van der Waals surface area contributed by atoms with Gasteiger partial charge in [-0.25, -0.2) is 10.1 Å². The molecular formula is C27H30O6. The van der Waals surface area contributed by atoms with Crippen LogP contribution in [0.1, 0.15) is 23.1 Å². The van der Waals surface area contributed by atoms with Crippen molar-refractivity contribution >= 4 is 0 Å². The Kier molecular flexibility index (Phi) is 9.00. The van der Waals surface area contributed by atoms with Gasteiger partial charge >= 0.3 is 0 Å². The van der Waals surface area contributed by atoms with E-state index in [1.807, 2.05) is 91.0 Å². The van der Waals surface area contributed by atoms with Gasteiger partial charge in [-0.2, -0.15) is 0 Å². The summed E-state index contributed by atoms with van der Waals surface area (Å²) < 4.78 is 24.5. The Labute approximate surface area is 194 Å². The van der Waals surface area contributed by atoms with E-state index in [4.69, 9.17) is 18.9 Å². The lowest BCUT2D eigenvalue weighted by molar-refractivity contribution is -0.385. The topological polar surface area (TPSA) is 66.4 Å². The van der Waals surface area contributed by atoms with E-state index in [-0.39, 0.29) is 12.7 Å². The van der Waals surface area contributed by atoms with Crippen LogP contribution < -0.4 is 0 Å². The molecule has 0 saturated carbocycles. The maximum atomic E-state index is 9.35. The standard InChI is InChI=1S/C27H30O6/c28-33-26-16-24(30-18-22-12-6-2-7-13-22)27(31-19-23-14-8-3-9-15-23)25(32-26)20-29-17-21-10-4-1-5-11-21/h1-15,24-28H,16-20H2/t24-,25-,26+,27+/m1/s1. The molecule has 1 heterocycles.